The number of fused-ring (bicyclic) bond motifs is 1. The highest BCUT2D eigenvalue weighted by molar-refractivity contribution is 5.91. The van der Waals surface area contributed by atoms with Crippen LogP contribution in [0.2, 0.25) is 0 Å². The van der Waals surface area contributed by atoms with Gasteiger partial charge in [0.05, 0.1) is 13.7 Å². The Labute approximate surface area is 93.8 Å². The number of hydrogen-bond acceptors (Lipinski definition) is 3. The summed E-state index contributed by atoms with van der Waals surface area (Å²) in [4.78, 5) is 15.7. The van der Waals surface area contributed by atoms with Crippen LogP contribution in [0.1, 0.15) is 11.1 Å². The van der Waals surface area contributed by atoms with E-state index in [1.54, 1.807) is 6.08 Å². The maximum Gasteiger partial charge on any atom is 0.267 e. The van der Waals surface area contributed by atoms with E-state index in [4.69, 9.17) is 4.74 Å². The molecule has 0 fully saturated rings. The number of hydrogen-bond donors (Lipinski definition) is 1. The van der Waals surface area contributed by atoms with Gasteiger partial charge >= 0.3 is 0 Å². The van der Waals surface area contributed by atoms with Crippen molar-refractivity contribution in [2.24, 2.45) is 0 Å². The molecule has 0 bridgehead atoms. The standard InChI is InChI=1S/C12H13NO3/c1-15-13-12(14)6-5-9-3-2-4-11-10(9)7-8-16-11/h2-6H,7-8H2,1H3,(H,13,14). The van der Waals surface area contributed by atoms with E-state index >= 15 is 0 Å². The quantitative estimate of drug-likeness (QED) is 0.616. The van der Waals surface area contributed by atoms with Gasteiger partial charge in [0.15, 0.2) is 0 Å². The lowest BCUT2D eigenvalue weighted by Crippen LogP contribution is -2.18. The van der Waals surface area contributed by atoms with E-state index in [2.05, 4.69) is 10.3 Å². The van der Waals surface area contributed by atoms with Crippen LogP contribution >= 0.6 is 0 Å². The molecule has 4 heteroatoms. The van der Waals surface area contributed by atoms with Gasteiger partial charge in [-0.3, -0.25) is 9.63 Å². The zero-order chi connectivity index (χ0) is 11.4. The minimum atomic E-state index is -0.279. The molecule has 1 heterocycles. The summed E-state index contributed by atoms with van der Waals surface area (Å²) >= 11 is 0. The maximum atomic E-state index is 11.2. The van der Waals surface area contributed by atoms with Crippen LogP contribution in [0.5, 0.6) is 5.75 Å². The molecule has 4 nitrogen and oxygen atoms in total. The molecular formula is C12H13NO3. The molecule has 0 saturated carbocycles. The molecule has 0 radical (unpaired) electrons. The van der Waals surface area contributed by atoms with Gasteiger partial charge in [-0.1, -0.05) is 12.1 Å². The zero-order valence-corrected chi connectivity index (χ0v) is 9.03. The van der Waals surface area contributed by atoms with Crippen LogP contribution in [0.3, 0.4) is 0 Å². The summed E-state index contributed by atoms with van der Waals surface area (Å²) in [5, 5.41) is 0. The number of rotatable bonds is 3. The predicted molar refractivity (Wildman–Crippen MR) is 59.8 cm³/mol. The average molecular weight is 219 g/mol. The van der Waals surface area contributed by atoms with Gasteiger partial charge in [0.1, 0.15) is 5.75 Å². The van der Waals surface area contributed by atoms with Crippen molar-refractivity contribution < 1.29 is 14.4 Å². The lowest BCUT2D eigenvalue weighted by atomic mass is 10.0. The topological polar surface area (TPSA) is 47.6 Å². The summed E-state index contributed by atoms with van der Waals surface area (Å²) in [5.74, 6) is 0.633. The summed E-state index contributed by atoms with van der Waals surface area (Å²) in [6.45, 7) is 0.713. The van der Waals surface area contributed by atoms with Crippen LogP contribution in [0.15, 0.2) is 24.3 Å². The second kappa shape index (κ2) is 4.81. The molecule has 1 aliphatic heterocycles. The fourth-order valence-electron chi connectivity index (χ4n) is 1.70. The summed E-state index contributed by atoms with van der Waals surface area (Å²) in [7, 11) is 1.40. The molecule has 1 aromatic rings. The number of hydroxylamine groups is 1. The highest BCUT2D eigenvalue weighted by Crippen LogP contribution is 2.28. The molecule has 1 amide bonds. The molecule has 0 saturated heterocycles. The number of carbonyl (C=O) groups is 1. The van der Waals surface area contributed by atoms with Gasteiger partial charge in [-0.15, -0.1) is 0 Å². The monoisotopic (exact) mass is 219 g/mol. The first kappa shape index (κ1) is 10.7. The minimum Gasteiger partial charge on any atom is -0.493 e. The van der Waals surface area contributed by atoms with Crippen LogP contribution in [-0.4, -0.2) is 19.6 Å². The van der Waals surface area contributed by atoms with E-state index in [9.17, 15) is 4.79 Å². The Bertz CT molecular complexity index is 426. The molecule has 0 atom stereocenters. The Morgan fingerprint density at radius 1 is 1.56 bits per heavy atom. The summed E-state index contributed by atoms with van der Waals surface area (Å²) < 4.78 is 5.43. The third-order valence-corrected chi connectivity index (χ3v) is 2.40. The van der Waals surface area contributed by atoms with Gasteiger partial charge in [0.2, 0.25) is 0 Å². The SMILES string of the molecule is CONC(=O)C=Cc1cccc2c1CCO2. The first-order valence-electron chi connectivity index (χ1n) is 5.07. The maximum absolute atomic E-state index is 11.2. The average Bonchev–Trinajstić information content (AvgIpc) is 2.75. The van der Waals surface area contributed by atoms with E-state index in [0.29, 0.717) is 6.61 Å². The van der Waals surface area contributed by atoms with Gasteiger partial charge in [0.25, 0.3) is 5.91 Å². The normalized spacial score (nSPS) is 13.6. The van der Waals surface area contributed by atoms with E-state index in [1.807, 2.05) is 18.2 Å². The molecule has 84 valence electrons. The van der Waals surface area contributed by atoms with Gasteiger partial charge < -0.3 is 4.74 Å². The van der Waals surface area contributed by atoms with Crippen molar-refractivity contribution in [2.75, 3.05) is 13.7 Å². The van der Waals surface area contributed by atoms with Crippen LogP contribution in [-0.2, 0) is 16.1 Å². The highest BCUT2D eigenvalue weighted by Gasteiger charge is 2.13. The molecule has 2 rings (SSSR count). The first-order chi connectivity index (χ1) is 7.81. The fourth-order valence-corrected chi connectivity index (χ4v) is 1.70. The number of ether oxygens (including phenoxy) is 1. The molecule has 1 N–H and O–H groups in total. The molecule has 0 spiro atoms. The highest BCUT2D eigenvalue weighted by atomic mass is 16.6. The second-order valence-electron chi connectivity index (χ2n) is 3.43. The predicted octanol–water partition coefficient (Wildman–Crippen LogP) is 1.31. The van der Waals surface area contributed by atoms with Crippen molar-refractivity contribution in [3.05, 3.63) is 35.4 Å². The van der Waals surface area contributed by atoms with Crippen molar-refractivity contribution in [1.29, 1.82) is 0 Å². The van der Waals surface area contributed by atoms with Crippen LogP contribution in [0.25, 0.3) is 6.08 Å². The summed E-state index contributed by atoms with van der Waals surface area (Å²) in [6.07, 6.45) is 4.10. The van der Waals surface area contributed by atoms with E-state index < -0.39 is 0 Å². The summed E-state index contributed by atoms with van der Waals surface area (Å²) in [6, 6.07) is 5.82. The zero-order valence-electron chi connectivity index (χ0n) is 9.03. The Morgan fingerprint density at radius 2 is 2.44 bits per heavy atom. The van der Waals surface area contributed by atoms with Gasteiger partial charge in [0, 0.05) is 18.1 Å². The molecule has 0 unspecified atom stereocenters. The molecule has 16 heavy (non-hydrogen) atoms. The Hall–Kier alpha value is -1.81. The molecule has 0 aromatic heterocycles. The first-order valence-corrected chi connectivity index (χ1v) is 5.07. The number of nitrogens with one attached hydrogen (secondary N) is 1. The molecule has 1 aromatic carbocycles. The summed E-state index contributed by atoms with van der Waals surface area (Å²) in [5.41, 5.74) is 4.40. The Kier molecular flexibility index (Phi) is 3.22. The number of benzene rings is 1. The Morgan fingerprint density at radius 3 is 3.25 bits per heavy atom. The number of carbonyl (C=O) groups excluding carboxylic acids is 1. The third kappa shape index (κ3) is 2.23. The lowest BCUT2D eigenvalue weighted by Gasteiger charge is -2.01. The van der Waals surface area contributed by atoms with Crippen LogP contribution in [0, 0.1) is 0 Å². The molecular weight excluding hydrogens is 206 g/mol. The van der Waals surface area contributed by atoms with Crippen molar-refractivity contribution in [3.63, 3.8) is 0 Å². The third-order valence-electron chi connectivity index (χ3n) is 2.40. The molecule has 0 aliphatic carbocycles. The van der Waals surface area contributed by atoms with E-state index in [1.165, 1.54) is 13.2 Å². The van der Waals surface area contributed by atoms with E-state index in [0.717, 1.165) is 23.3 Å². The van der Waals surface area contributed by atoms with Crippen LogP contribution < -0.4 is 10.2 Å². The Balaban J connectivity index is 2.16. The van der Waals surface area contributed by atoms with Crippen molar-refractivity contribution in [3.8, 4) is 5.75 Å². The van der Waals surface area contributed by atoms with Crippen molar-refractivity contribution >= 4 is 12.0 Å². The van der Waals surface area contributed by atoms with Gasteiger partial charge in [-0.25, -0.2) is 5.48 Å². The second-order valence-corrected chi connectivity index (χ2v) is 3.43. The van der Waals surface area contributed by atoms with Gasteiger partial charge in [-0.2, -0.15) is 0 Å². The largest absolute Gasteiger partial charge is 0.493 e. The smallest absolute Gasteiger partial charge is 0.267 e. The molecule has 1 aliphatic rings. The fraction of sp³-hybridized carbons (Fsp3) is 0.250. The van der Waals surface area contributed by atoms with Crippen molar-refractivity contribution in [2.45, 2.75) is 6.42 Å². The van der Waals surface area contributed by atoms with Crippen molar-refractivity contribution in [1.82, 2.24) is 5.48 Å². The van der Waals surface area contributed by atoms with Gasteiger partial charge in [-0.05, 0) is 17.7 Å². The lowest BCUT2D eigenvalue weighted by molar-refractivity contribution is -0.126. The van der Waals surface area contributed by atoms with Crippen LogP contribution in [0.4, 0.5) is 0 Å². The minimum absolute atomic E-state index is 0.279. The number of amides is 1. The van der Waals surface area contributed by atoms with E-state index in [-0.39, 0.29) is 5.91 Å².